The number of Topliss-reactive ketones (excluding diaryl/α,β-unsaturated/α-hetero) is 1. The molecule has 0 N–H and O–H groups in total. The molecule has 0 aliphatic carbocycles. The van der Waals surface area contributed by atoms with E-state index in [1.807, 2.05) is 0 Å². The molecular weight excluding hydrogens is 254 g/mol. The van der Waals surface area contributed by atoms with Crippen LogP contribution >= 0.6 is 7.60 Å². The van der Waals surface area contributed by atoms with Gasteiger partial charge in [-0.15, -0.1) is 0 Å². The van der Waals surface area contributed by atoms with Crippen LogP contribution in [0.25, 0.3) is 0 Å². The Balaban J connectivity index is 0. The summed E-state index contributed by atoms with van der Waals surface area (Å²) in [5, 5.41) is 0. The minimum atomic E-state index is -4.66. The maximum absolute atomic E-state index is 11.2. The number of ketones is 1. The normalized spacial score (nSPS) is 17.0. The zero-order valence-corrected chi connectivity index (χ0v) is 11.2. The predicted molar refractivity (Wildman–Crippen MR) is 49.6 cm³/mol. The molecule has 10 heteroatoms. The third-order valence-corrected chi connectivity index (χ3v) is 3.56. The van der Waals surface area contributed by atoms with E-state index in [1.165, 1.54) is 6.92 Å². The first-order chi connectivity index (χ1) is 6.60. The third-order valence-electron chi connectivity index (χ3n) is 1.21. The van der Waals surface area contributed by atoms with Gasteiger partial charge < -0.3 is 14.0 Å². The second-order valence-electron chi connectivity index (χ2n) is 2.72. The van der Waals surface area contributed by atoms with Crippen molar-refractivity contribution in [1.82, 2.24) is 0 Å². The number of carbonyl (C=O) groups is 1. The van der Waals surface area contributed by atoms with Gasteiger partial charge in [-0.25, -0.2) is 4.18 Å². The Labute approximate surface area is 106 Å². The number of hydrogen-bond acceptors (Lipinski definition) is 7. The van der Waals surface area contributed by atoms with E-state index in [9.17, 15) is 22.7 Å². The first kappa shape index (κ1) is 18.7. The summed E-state index contributed by atoms with van der Waals surface area (Å²) in [4.78, 5) is 22.1. The SMILES string of the molecule is CCOP(=O)([O-])C(OS(C)(=O)=O)C(C)=O.[Li+]. The molecule has 0 aliphatic heterocycles. The van der Waals surface area contributed by atoms with Gasteiger partial charge in [0.2, 0.25) is 0 Å². The summed E-state index contributed by atoms with van der Waals surface area (Å²) in [5.74, 6) is -3.06. The predicted octanol–water partition coefficient (Wildman–Crippen LogP) is -3.53. The molecule has 0 aromatic carbocycles. The third kappa shape index (κ3) is 6.81. The van der Waals surface area contributed by atoms with E-state index in [-0.39, 0.29) is 25.5 Å². The first-order valence-electron chi connectivity index (χ1n) is 3.94. The molecule has 0 fully saturated rings. The average Bonchev–Trinajstić information content (AvgIpc) is 1.97. The average molecular weight is 266 g/mol. The second-order valence-corrected chi connectivity index (χ2v) is 6.13. The molecule has 0 saturated heterocycles. The molecule has 16 heavy (non-hydrogen) atoms. The Morgan fingerprint density at radius 3 is 2.19 bits per heavy atom. The largest absolute Gasteiger partial charge is 1.00 e. The smallest absolute Gasteiger partial charge is 0.776 e. The van der Waals surface area contributed by atoms with Gasteiger partial charge in [-0.1, -0.05) is 0 Å². The Kier molecular flexibility index (Phi) is 8.08. The summed E-state index contributed by atoms with van der Waals surface area (Å²) >= 11 is 0. The van der Waals surface area contributed by atoms with Crippen molar-refractivity contribution in [3.8, 4) is 0 Å². The number of rotatable bonds is 6. The Morgan fingerprint density at radius 2 is 1.94 bits per heavy atom. The quantitative estimate of drug-likeness (QED) is 0.278. The van der Waals surface area contributed by atoms with E-state index in [1.54, 1.807) is 0 Å². The summed E-state index contributed by atoms with van der Waals surface area (Å²) in [6, 6.07) is 0. The topological polar surface area (TPSA) is 110 Å². The fourth-order valence-corrected chi connectivity index (χ4v) is 3.05. The van der Waals surface area contributed by atoms with Crippen molar-refractivity contribution in [2.45, 2.75) is 19.7 Å². The van der Waals surface area contributed by atoms with Crippen molar-refractivity contribution < 1.29 is 50.2 Å². The van der Waals surface area contributed by atoms with Crippen molar-refractivity contribution >= 4 is 23.5 Å². The van der Waals surface area contributed by atoms with Crippen LogP contribution in [0.5, 0.6) is 0 Å². The van der Waals surface area contributed by atoms with Crippen LogP contribution in [-0.2, 0) is 28.2 Å². The molecule has 0 spiro atoms. The molecule has 0 aromatic heterocycles. The minimum absolute atomic E-state index is 0. The molecule has 0 radical (unpaired) electrons. The zero-order valence-electron chi connectivity index (χ0n) is 9.50. The zero-order chi connectivity index (χ0) is 12.3. The van der Waals surface area contributed by atoms with Crippen molar-refractivity contribution in [1.29, 1.82) is 0 Å². The summed E-state index contributed by atoms with van der Waals surface area (Å²) in [6.45, 7) is 2.10. The molecule has 7 nitrogen and oxygen atoms in total. The molecule has 0 aliphatic rings. The van der Waals surface area contributed by atoms with Crippen LogP contribution in [0.1, 0.15) is 13.8 Å². The maximum atomic E-state index is 11.2. The summed E-state index contributed by atoms with van der Waals surface area (Å²) in [6.07, 6.45) is 0.648. The molecule has 0 amide bonds. The van der Waals surface area contributed by atoms with E-state index in [0.29, 0.717) is 6.26 Å². The molecule has 2 atom stereocenters. The molecule has 0 heterocycles. The van der Waals surface area contributed by atoms with E-state index in [2.05, 4.69) is 8.71 Å². The summed E-state index contributed by atoms with van der Waals surface area (Å²) in [5.41, 5.74) is 0. The van der Waals surface area contributed by atoms with Gasteiger partial charge in [0.15, 0.2) is 19.2 Å². The van der Waals surface area contributed by atoms with Crippen molar-refractivity contribution in [2.75, 3.05) is 12.9 Å². The van der Waals surface area contributed by atoms with E-state index < -0.39 is 29.3 Å². The summed E-state index contributed by atoms with van der Waals surface area (Å²) in [7, 11) is -8.70. The van der Waals surface area contributed by atoms with Gasteiger partial charge in [0.25, 0.3) is 10.1 Å². The Hall–Kier alpha value is 0.327. The van der Waals surface area contributed by atoms with Crippen LogP contribution < -0.4 is 23.8 Å². The second kappa shape index (κ2) is 6.92. The van der Waals surface area contributed by atoms with Crippen molar-refractivity contribution in [3.05, 3.63) is 0 Å². The summed E-state index contributed by atoms with van der Waals surface area (Å²) < 4.78 is 41.1. The monoisotopic (exact) mass is 266 g/mol. The molecule has 2 unspecified atom stereocenters. The molecule has 0 bridgehead atoms. The van der Waals surface area contributed by atoms with Gasteiger partial charge in [0, 0.05) is 0 Å². The Bertz CT molecular complexity index is 378. The van der Waals surface area contributed by atoms with Gasteiger partial charge in [-0.05, 0) is 13.8 Å². The fourth-order valence-electron chi connectivity index (χ4n) is 0.756. The van der Waals surface area contributed by atoms with E-state index >= 15 is 0 Å². The number of carbonyl (C=O) groups excluding carboxylic acids is 1. The van der Waals surface area contributed by atoms with E-state index in [4.69, 9.17) is 0 Å². The van der Waals surface area contributed by atoms with Crippen molar-refractivity contribution in [2.24, 2.45) is 0 Å². The minimum Gasteiger partial charge on any atom is -0.776 e. The van der Waals surface area contributed by atoms with Crippen LogP contribution in [0, 0.1) is 0 Å². The van der Waals surface area contributed by atoms with Gasteiger partial charge in [-0.3, -0.25) is 4.79 Å². The van der Waals surface area contributed by atoms with Crippen LogP contribution in [0.15, 0.2) is 0 Å². The fraction of sp³-hybridized carbons (Fsp3) is 0.833. The Morgan fingerprint density at radius 1 is 1.50 bits per heavy atom. The molecule has 0 rings (SSSR count). The van der Waals surface area contributed by atoms with Gasteiger partial charge in [-0.2, -0.15) is 8.42 Å². The number of hydrogen-bond donors (Lipinski definition) is 0. The first-order valence-corrected chi connectivity index (χ1v) is 7.37. The van der Waals surface area contributed by atoms with Crippen molar-refractivity contribution in [3.63, 3.8) is 0 Å². The van der Waals surface area contributed by atoms with Gasteiger partial charge in [0.05, 0.1) is 12.9 Å². The van der Waals surface area contributed by atoms with Crippen LogP contribution in [0.2, 0.25) is 0 Å². The van der Waals surface area contributed by atoms with Gasteiger partial charge in [0.1, 0.15) is 0 Å². The molecule has 90 valence electrons. The molecule has 0 saturated carbocycles. The van der Waals surface area contributed by atoms with Gasteiger partial charge >= 0.3 is 18.9 Å². The van der Waals surface area contributed by atoms with Crippen LogP contribution in [0.3, 0.4) is 0 Å². The standard InChI is InChI=1S/C6H13O7PS.Li/c1-4-12-14(8,9)6(5(2)7)13-15(3,10)11;/h6H,4H2,1-3H3,(H,8,9);/q;+1/p-1. The molecule has 0 aromatic rings. The van der Waals surface area contributed by atoms with E-state index in [0.717, 1.165) is 6.92 Å². The molecular formula is C6H12LiO7PS. The maximum Gasteiger partial charge on any atom is 1.00 e. The van der Waals surface area contributed by atoms with Crippen LogP contribution in [0.4, 0.5) is 0 Å². The van der Waals surface area contributed by atoms with Crippen LogP contribution in [-0.4, -0.2) is 32.9 Å².